The zero-order valence-electron chi connectivity index (χ0n) is 27.1. The first kappa shape index (κ1) is 28.6. The van der Waals surface area contributed by atoms with Crippen molar-refractivity contribution in [1.29, 1.82) is 0 Å². The van der Waals surface area contributed by atoms with Gasteiger partial charge in [0.2, 0.25) is 0 Å². The Hall–Kier alpha value is -5.60. The van der Waals surface area contributed by atoms with E-state index in [0.29, 0.717) is 0 Å². The molecule has 0 amide bonds. The minimum atomic E-state index is 0.0773. The molecule has 0 bridgehead atoms. The van der Waals surface area contributed by atoms with Crippen LogP contribution in [0.4, 0.5) is 17.1 Å². The van der Waals surface area contributed by atoms with Gasteiger partial charge >= 0.3 is 0 Å². The summed E-state index contributed by atoms with van der Waals surface area (Å²) in [4.78, 5) is 2.41. The summed E-state index contributed by atoms with van der Waals surface area (Å²) in [7, 11) is 0. The smallest absolute Gasteiger partial charge is 0.0562 e. The average Bonchev–Trinajstić information content (AvgIpc) is 3.49. The Labute approximate surface area is 282 Å². The molecule has 1 saturated carbocycles. The SMILES string of the molecule is c1ccc(N(c2ccc(C3(c4ccccc4)CCCCC3)cc2)c2ccc3c4ccccc4n(-c4cccc5ccccc45)c3c2)cc1. The number of hydrogen-bond donors (Lipinski definition) is 0. The summed E-state index contributed by atoms with van der Waals surface area (Å²) in [5.74, 6) is 0. The van der Waals surface area contributed by atoms with Crippen LogP contribution >= 0.6 is 0 Å². The Morgan fingerprint density at radius 1 is 0.417 bits per heavy atom. The van der Waals surface area contributed by atoms with Crippen LogP contribution in [-0.2, 0) is 5.41 Å². The van der Waals surface area contributed by atoms with E-state index in [2.05, 4.69) is 179 Å². The number of anilines is 3. The van der Waals surface area contributed by atoms with E-state index in [0.717, 1.165) is 17.1 Å². The fourth-order valence-corrected chi connectivity index (χ4v) is 8.37. The van der Waals surface area contributed by atoms with E-state index >= 15 is 0 Å². The lowest BCUT2D eigenvalue weighted by molar-refractivity contribution is 0.346. The van der Waals surface area contributed by atoms with Gasteiger partial charge in [0.05, 0.1) is 16.7 Å². The number of nitrogens with zero attached hydrogens (tertiary/aromatic N) is 2. The minimum Gasteiger partial charge on any atom is -0.310 e. The summed E-state index contributed by atoms with van der Waals surface area (Å²) in [6, 6.07) is 62.6. The topological polar surface area (TPSA) is 8.17 Å². The highest BCUT2D eigenvalue weighted by atomic mass is 15.1. The molecule has 1 aliphatic carbocycles. The first-order valence-electron chi connectivity index (χ1n) is 17.3. The first-order valence-corrected chi connectivity index (χ1v) is 17.3. The van der Waals surface area contributed by atoms with Crippen LogP contribution in [-0.4, -0.2) is 4.57 Å². The predicted octanol–water partition coefficient (Wildman–Crippen LogP) is 12.7. The van der Waals surface area contributed by atoms with E-state index < -0.39 is 0 Å². The van der Waals surface area contributed by atoms with E-state index in [-0.39, 0.29) is 5.41 Å². The van der Waals surface area contributed by atoms with Gasteiger partial charge in [-0.15, -0.1) is 0 Å². The Bertz CT molecular complexity index is 2360. The molecule has 0 N–H and O–H groups in total. The molecule has 1 aliphatic rings. The van der Waals surface area contributed by atoms with Crippen LogP contribution in [0.1, 0.15) is 43.2 Å². The number of aromatic nitrogens is 1. The predicted molar refractivity (Wildman–Crippen MR) is 203 cm³/mol. The number of benzene rings is 7. The summed E-state index contributed by atoms with van der Waals surface area (Å²) in [6.45, 7) is 0. The van der Waals surface area contributed by atoms with E-state index in [1.165, 1.54) is 81.5 Å². The first-order chi connectivity index (χ1) is 23.8. The molecule has 0 radical (unpaired) electrons. The zero-order valence-corrected chi connectivity index (χ0v) is 27.1. The van der Waals surface area contributed by atoms with Crippen LogP contribution in [0.15, 0.2) is 170 Å². The summed E-state index contributed by atoms with van der Waals surface area (Å²) >= 11 is 0. The van der Waals surface area contributed by atoms with Crippen molar-refractivity contribution in [2.45, 2.75) is 37.5 Å². The molecular formula is C46H38N2. The van der Waals surface area contributed by atoms with Crippen LogP contribution in [0.25, 0.3) is 38.3 Å². The third-order valence-corrected chi connectivity index (χ3v) is 10.6. The van der Waals surface area contributed by atoms with Gasteiger partial charge in [-0.2, -0.15) is 0 Å². The second kappa shape index (κ2) is 11.9. The second-order valence-electron chi connectivity index (χ2n) is 13.3. The molecule has 0 atom stereocenters. The maximum Gasteiger partial charge on any atom is 0.0562 e. The van der Waals surface area contributed by atoms with Crippen LogP contribution in [0.5, 0.6) is 0 Å². The van der Waals surface area contributed by atoms with Gasteiger partial charge in [0.1, 0.15) is 0 Å². The molecule has 48 heavy (non-hydrogen) atoms. The summed E-state index contributed by atoms with van der Waals surface area (Å²) in [6.07, 6.45) is 6.28. The summed E-state index contributed by atoms with van der Waals surface area (Å²) < 4.78 is 2.45. The van der Waals surface area contributed by atoms with Crippen LogP contribution in [0.3, 0.4) is 0 Å². The molecule has 0 saturated heterocycles. The molecule has 1 fully saturated rings. The Balaban J connectivity index is 1.22. The standard InChI is InChI=1S/C46H38N2/c1-4-17-35(18-5-1)46(31-12-3-13-32-46)36-25-27-38(28-26-36)47(37-19-6-2-7-20-37)39-29-30-42-41-22-10-11-23-44(41)48(45(42)33-39)43-24-14-16-34-15-8-9-21-40(34)43/h1-2,4-11,14-30,33H,3,12-13,31-32H2. The van der Waals surface area contributed by atoms with Crippen molar-refractivity contribution < 1.29 is 0 Å². The lowest BCUT2D eigenvalue weighted by Crippen LogP contribution is -2.30. The van der Waals surface area contributed by atoms with Crippen molar-refractivity contribution >= 4 is 49.6 Å². The van der Waals surface area contributed by atoms with Gasteiger partial charge in [0.25, 0.3) is 0 Å². The quantitative estimate of drug-likeness (QED) is 0.180. The third-order valence-electron chi connectivity index (χ3n) is 10.6. The largest absolute Gasteiger partial charge is 0.310 e. The van der Waals surface area contributed by atoms with Gasteiger partial charge < -0.3 is 9.47 Å². The number of hydrogen-bond acceptors (Lipinski definition) is 1. The lowest BCUT2D eigenvalue weighted by Gasteiger charge is -2.39. The molecule has 9 rings (SSSR count). The summed E-state index contributed by atoms with van der Waals surface area (Å²) in [5, 5.41) is 5.02. The molecule has 0 spiro atoms. The van der Waals surface area contributed by atoms with Gasteiger partial charge in [-0.3, -0.25) is 0 Å². The molecule has 0 aliphatic heterocycles. The number of rotatable bonds is 6. The van der Waals surface area contributed by atoms with Gasteiger partial charge in [-0.25, -0.2) is 0 Å². The normalized spacial score (nSPS) is 14.4. The number of fused-ring (bicyclic) bond motifs is 4. The van der Waals surface area contributed by atoms with Crippen LogP contribution in [0, 0.1) is 0 Å². The fourth-order valence-electron chi connectivity index (χ4n) is 8.37. The highest BCUT2D eigenvalue weighted by Crippen LogP contribution is 2.46. The number of para-hydroxylation sites is 2. The molecule has 8 aromatic rings. The Morgan fingerprint density at radius 2 is 1.00 bits per heavy atom. The lowest BCUT2D eigenvalue weighted by atomic mass is 9.65. The molecule has 2 heteroatoms. The van der Waals surface area contributed by atoms with Crippen molar-refractivity contribution in [3.63, 3.8) is 0 Å². The van der Waals surface area contributed by atoms with E-state index in [9.17, 15) is 0 Å². The van der Waals surface area contributed by atoms with Gasteiger partial charge in [0, 0.05) is 38.6 Å². The molecule has 0 unspecified atom stereocenters. The molecular weight excluding hydrogens is 581 g/mol. The van der Waals surface area contributed by atoms with E-state index in [4.69, 9.17) is 0 Å². The van der Waals surface area contributed by atoms with Crippen molar-refractivity contribution in [2.24, 2.45) is 0 Å². The highest BCUT2D eigenvalue weighted by molar-refractivity contribution is 6.11. The Kier molecular flexibility index (Phi) is 7.08. The zero-order chi connectivity index (χ0) is 31.9. The average molecular weight is 619 g/mol. The molecule has 1 aromatic heterocycles. The fraction of sp³-hybridized carbons (Fsp3) is 0.130. The van der Waals surface area contributed by atoms with E-state index in [1.54, 1.807) is 0 Å². The third kappa shape index (κ3) is 4.71. The van der Waals surface area contributed by atoms with Gasteiger partial charge in [0.15, 0.2) is 0 Å². The Morgan fingerprint density at radius 3 is 1.79 bits per heavy atom. The molecule has 2 nitrogen and oxygen atoms in total. The van der Waals surface area contributed by atoms with Gasteiger partial charge in [-0.1, -0.05) is 141 Å². The highest BCUT2D eigenvalue weighted by Gasteiger charge is 2.35. The summed E-state index contributed by atoms with van der Waals surface area (Å²) in [5.41, 5.74) is 10.0. The van der Waals surface area contributed by atoms with Crippen LogP contribution in [0.2, 0.25) is 0 Å². The van der Waals surface area contributed by atoms with Gasteiger partial charge in [-0.05, 0) is 77.9 Å². The van der Waals surface area contributed by atoms with Crippen molar-refractivity contribution in [3.8, 4) is 5.69 Å². The van der Waals surface area contributed by atoms with Crippen molar-refractivity contribution in [1.82, 2.24) is 4.57 Å². The molecule has 232 valence electrons. The molecule has 1 heterocycles. The molecule has 7 aromatic carbocycles. The minimum absolute atomic E-state index is 0.0773. The van der Waals surface area contributed by atoms with Crippen molar-refractivity contribution in [3.05, 3.63) is 181 Å². The monoisotopic (exact) mass is 618 g/mol. The maximum absolute atomic E-state index is 2.45. The second-order valence-corrected chi connectivity index (χ2v) is 13.3. The van der Waals surface area contributed by atoms with Crippen LogP contribution < -0.4 is 4.90 Å². The van der Waals surface area contributed by atoms with E-state index in [1.807, 2.05) is 0 Å². The maximum atomic E-state index is 2.45. The van der Waals surface area contributed by atoms with Crippen molar-refractivity contribution in [2.75, 3.05) is 4.90 Å².